The fourth-order valence-electron chi connectivity index (χ4n) is 1.54. The Morgan fingerprint density at radius 1 is 1.40 bits per heavy atom. The summed E-state index contributed by atoms with van der Waals surface area (Å²) in [5, 5.41) is 14.4. The van der Waals surface area contributed by atoms with Gasteiger partial charge in [-0.05, 0) is 39.3 Å². The Labute approximate surface area is 119 Å². The summed E-state index contributed by atoms with van der Waals surface area (Å²) in [5.74, 6) is 0.299. The summed E-state index contributed by atoms with van der Waals surface area (Å²) in [6.07, 6.45) is 3.65. The van der Waals surface area contributed by atoms with Gasteiger partial charge in [-0.3, -0.25) is 10.1 Å². The zero-order valence-electron chi connectivity index (χ0n) is 12.5. The van der Waals surface area contributed by atoms with Crippen molar-refractivity contribution in [3.05, 3.63) is 46.0 Å². The number of benzene rings is 1. The molecule has 0 atom stereocenters. The molecule has 1 rings (SSSR count). The largest absolute Gasteiger partial charge is 0.483 e. The number of nitro benzene ring substituents is 1. The first-order chi connectivity index (χ1) is 9.33. The SMILES string of the molecule is CC=CCOc1ccc(CNC(C)(C)C)cc1[N+](=O)[O-]. The normalized spacial score (nSPS) is 11.8. The highest BCUT2D eigenvalue weighted by Gasteiger charge is 2.16. The second kappa shape index (κ2) is 7.05. The summed E-state index contributed by atoms with van der Waals surface area (Å²) >= 11 is 0. The van der Waals surface area contributed by atoms with Crippen LogP contribution in [0.3, 0.4) is 0 Å². The molecule has 0 aliphatic carbocycles. The first-order valence-corrected chi connectivity index (χ1v) is 6.60. The van der Waals surface area contributed by atoms with Gasteiger partial charge in [0, 0.05) is 18.2 Å². The molecular weight excluding hydrogens is 256 g/mol. The maximum absolute atomic E-state index is 11.1. The number of nitro groups is 1. The monoisotopic (exact) mass is 278 g/mol. The van der Waals surface area contributed by atoms with E-state index in [4.69, 9.17) is 4.74 Å². The summed E-state index contributed by atoms with van der Waals surface area (Å²) in [7, 11) is 0. The minimum absolute atomic E-state index is 0.00251. The summed E-state index contributed by atoms with van der Waals surface area (Å²) in [5.41, 5.74) is 0.836. The van der Waals surface area contributed by atoms with Crippen LogP contribution in [0.5, 0.6) is 5.75 Å². The molecule has 0 heterocycles. The second-order valence-corrected chi connectivity index (χ2v) is 5.54. The predicted molar refractivity (Wildman–Crippen MR) is 80.0 cm³/mol. The Kier molecular flexibility index (Phi) is 5.70. The smallest absolute Gasteiger partial charge is 0.311 e. The van der Waals surface area contributed by atoms with Crippen LogP contribution in [-0.4, -0.2) is 17.1 Å². The molecule has 0 fully saturated rings. The molecule has 0 aromatic heterocycles. The topological polar surface area (TPSA) is 64.4 Å². The highest BCUT2D eigenvalue weighted by Crippen LogP contribution is 2.28. The lowest BCUT2D eigenvalue weighted by molar-refractivity contribution is -0.385. The molecule has 5 nitrogen and oxygen atoms in total. The van der Waals surface area contributed by atoms with E-state index < -0.39 is 4.92 Å². The molecule has 110 valence electrons. The Hall–Kier alpha value is -1.88. The number of allylic oxidation sites excluding steroid dienone is 1. The molecule has 0 bridgehead atoms. The molecule has 0 amide bonds. The summed E-state index contributed by atoms with van der Waals surface area (Å²) in [4.78, 5) is 10.7. The number of rotatable bonds is 6. The molecule has 1 N–H and O–H groups in total. The summed E-state index contributed by atoms with van der Waals surface area (Å²) in [6.45, 7) is 8.94. The molecule has 0 spiro atoms. The Bertz CT molecular complexity index is 490. The van der Waals surface area contributed by atoms with Gasteiger partial charge in [-0.25, -0.2) is 0 Å². The highest BCUT2D eigenvalue weighted by molar-refractivity contribution is 5.48. The average Bonchev–Trinajstić information content (AvgIpc) is 2.36. The van der Waals surface area contributed by atoms with E-state index in [0.29, 0.717) is 18.9 Å². The molecule has 0 saturated heterocycles. The third-order valence-electron chi connectivity index (χ3n) is 2.61. The fraction of sp³-hybridized carbons (Fsp3) is 0.467. The van der Waals surface area contributed by atoms with E-state index in [-0.39, 0.29) is 11.2 Å². The van der Waals surface area contributed by atoms with Gasteiger partial charge in [0.2, 0.25) is 0 Å². The van der Waals surface area contributed by atoms with Crippen LogP contribution in [0.1, 0.15) is 33.3 Å². The van der Waals surface area contributed by atoms with E-state index in [1.807, 2.05) is 19.1 Å². The molecule has 0 aliphatic heterocycles. The summed E-state index contributed by atoms with van der Waals surface area (Å²) < 4.78 is 5.39. The first-order valence-electron chi connectivity index (χ1n) is 6.60. The van der Waals surface area contributed by atoms with E-state index in [1.54, 1.807) is 18.2 Å². The average molecular weight is 278 g/mol. The first kappa shape index (κ1) is 16.2. The van der Waals surface area contributed by atoms with Gasteiger partial charge in [0.25, 0.3) is 0 Å². The minimum atomic E-state index is -0.411. The molecular formula is C15H22N2O3. The molecule has 5 heteroatoms. The van der Waals surface area contributed by atoms with Crippen molar-refractivity contribution in [3.63, 3.8) is 0 Å². The minimum Gasteiger partial charge on any atom is -0.483 e. The lowest BCUT2D eigenvalue weighted by Gasteiger charge is -2.20. The van der Waals surface area contributed by atoms with Gasteiger partial charge in [0.05, 0.1) is 4.92 Å². The molecule has 0 saturated carbocycles. The van der Waals surface area contributed by atoms with Crippen LogP contribution >= 0.6 is 0 Å². The third-order valence-corrected chi connectivity index (χ3v) is 2.61. The van der Waals surface area contributed by atoms with Crippen molar-refractivity contribution in [1.82, 2.24) is 5.32 Å². The van der Waals surface area contributed by atoms with Crippen LogP contribution in [-0.2, 0) is 6.54 Å². The van der Waals surface area contributed by atoms with Gasteiger partial charge in [0.1, 0.15) is 6.61 Å². The highest BCUT2D eigenvalue weighted by atomic mass is 16.6. The Morgan fingerprint density at radius 2 is 2.10 bits per heavy atom. The van der Waals surface area contributed by atoms with Gasteiger partial charge in [-0.15, -0.1) is 0 Å². The maximum Gasteiger partial charge on any atom is 0.311 e. The maximum atomic E-state index is 11.1. The van der Waals surface area contributed by atoms with E-state index in [1.165, 1.54) is 0 Å². The Morgan fingerprint density at radius 3 is 2.65 bits per heavy atom. The number of nitrogens with zero attached hydrogens (tertiary/aromatic N) is 1. The third kappa shape index (κ3) is 5.40. The zero-order chi connectivity index (χ0) is 15.2. The summed E-state index contributed by atoms with van der Waals surface area (Å²) in [6, 6.07) is 5.06. The van der Waals surface area contributed by atoms with Crippen molar-refractivity contribution in [1.29, 1.82) is 0 Å². The second-order valence-electron chi connectivity index (χ2n) is 5.54. The van der Waals surface area contributed by atoms with Crippen molar-refractivity contribution >= 4 is 5.69 Å². The number of nitrogens with one attached hydrogen (secondary N) is 1. The van der Waals surface area contributed by atoms with Gasteiger partial charge in [-0.2, -0.15) is 0 Å². The van der Waals surface area contributed by atoms with Crippen LogP contribution in [0.2, 0.25) is 0 Å². The van der Waals surface area contributed by atoms with Gasteiger partial charge in [0.15, 0.2) is 5.75 Å². The van der Waals surface area contributed by atoms with Gasteiger partial charge < -0.3 is 10.1 Å². The van der Waals surface area contributed by atoms with Crippen LogP contribution in [0.4, 0.5) is 5.69 Å². The van der Waals surface area contributed by atoms with Crippen molar-refractivity contribution in [3.8, 4) is 5.75 Å². The van der Waals surface area contributed by atoms with Gasteiger partial charge in [-0.1, -0.05) is 18.2 Å². The number of hydrogen-bond donors (Lipinski definition) is 1. The molecule has 0 aliphatic rings. The lowest BCUT2D eigenvalue weighted by atomic mass is 10.1. The number of ether oxygens (including phenoxy) is 1. The quantitative estimate of drug-likeness (QED) is 0.492. The Balaban J connectivity index is 2.86. The van der Waals surface area contributed by atoms with E-state index in [2.05, 4.69) is 26.1 Å². The molecule has 1 aromatic carbocycles. The van der Waals surface area contributed by atoms with Crippen molar-refractivity contribution in [2.75, 3.05) is 6.61 Å². The molecule has 0 unspecified atom stereocenters. The molecule has 20 heavy (non-hydrogen) atoms. The van der Waals surface area contributed by atoms with Crippen LogP contribution in [0, 0.1) is 10.1 Å². The zero-order valence-corrected chi connectivity index (χ0v) is 12.5. The molecule has 0 radical (unpaired) electrons. The van der Waals surface area contributed by atoms with E-state index in [0.717, 1.165) is 5.56 Å². The van der Waals surface area contributed by atoms with E-state index in [9.17, 15) is 10.1 Å². The van der Waals surface area contributed by atoms with E-state index >= 15 is 0 Å². The van der Waals surface area contributed by atoms with Crippen molar-refractivity contribution in [2.45, 2.75) is 39.8 Å². The van der Waals surface area contributed by atoms with Crippen LogP contribution in [0.15, 0.2) is 30.4 Å². The van der Waals surface area contributed by atoms with Crippen molar-refractivity contribution < 1.29 is 9.66 Å². The lowest BCUT2D eigenvalue weighted by Crippen LogP contribution is -2.35. The number of hydrogen-bond acceptors (Lipinski definition) is 4. The predicted octanol–water partition coefficient (Wildman–Crippen LogP) is 3.44. The fourth-order valence-corrected chi connectivity index (χ4v) is 1.54. The van der Waals surface area contributed by atoms with Crippen molar-refractivity contribution in [2.24, 2.45) is 0 Å². The van der Waals surface area contributed by atoms with Gasteiger partial charge >= 0.3 is 5.69 Å². The standard InChI is InChI=1S/C15H22N2O3/c1-5-6-9-20-14-8-7-12(10-13(14)17(18)19)11-16-15(2,3)4/h5-8,10,16H,9,11H2,1-4H3. The molecule has 1 aromatic rings. The van der Waals surface area contributed by atoms with Crippen LogP contribution < -0.4 is 10.1 Å². The van der Waals surface area contributed by atoms with Crippen LogP contribution in [0.25, 0.3) is 0 Å².